The molecule has 0 rings (SSSR count). The first-order valence-electron chi connectivity index (χ1n) is 3.42. The number of hydrogen-bond donors (Lipinski definition) is 1. The summed E-state index contributed by atoms with van der Waals surface area (Å²) in [4.78, 5) is 10.9. The van der Waals surface area contributed by atoms with Crippen molar-refractivity contribution < 1.29 is 4.79 Å². The maximum absolute atomic E-state index is 10.9. The van der Waals surface area contributed by atoms with E-state index in [9.17, 15) is 4.79 Å². The molecule has 54 valence electrons. The first-order valence-corrected chi connectivity index (χ1v) is 3.42. The highest BCUT2D eigenvalue weighted by Crippen LogP contribution is 1.93. The number of hydrogen-bond acceptors (Lipinski definition) is 2. The molecule has 0 aromatic rings. The van der Waals surface area contributed by atoms with E-state index in [1.54, 1.807) is 7.05 Å². The Morgan fingerprint density at radius 1 is 1.67 bits per heavy atom. The Balaban J connectivity index is 3.46. The zero-order valence-electron chi connectivity index (χ0n) is 6.40. The standard InChI is InChI=1S/C7H15NO/c1-4-5-7(9)6(2)8-3/h6,8H,4-5H2,1-3H3. The largest absolute Gasteiger partial charge is 0.311 e. The molecule has 0 fully saturated rings. The molecule has 0 aromatic heterocycles. The summed E-state index contributed by atoms with van der Waals surface area (Å²) in [7, 11) is 1.80. The molecule has 1 N–H and O–H groups in total. The van der Waals surface area contributed by atoms with Crippen molar-refractivity contribution in [1.82, 2.24) is 5.32 Å². The van der Waals surface area contributed by atoms with Gasteiger partial charge in [-0.05, 0) is 20.4 Å². The van der Waals surface area contributed by atoms with Crippen LogP contribution in [0.2, 0.25) is 0 Å². The zero-order chi connectivity index (χ0) is 7.28. The van der Waals surface area contributed by atoms with Crippen LogP contribution in [0.4, 0.5) is 0 Å². The maximum Gasteiger partial charge on any atom is 0.149 e. The lowest BCUT2D eigenvalue weighted by molar-refractivity contribution is -0.120. The van der Waals surface area contributed by atoms with Crippen LogP contribution in [0.1, 0.15) is 26.7 Å². The van der Waals surface area contributed by atoms with Crippen molar-refractivity contribution >= 4 is 5.78 Å². The van der Waals surface area contributed by atoms with Crippen molar-refractivity contribution in [3.05, 3.63) is 0 Å². The molecule has 0 saturated carbocycles. The summed E-state index contributed by atoms with van der Waals surface area (Å²) < 4.78 is 0. The van der Waals surface area contributed by atoms with Crippen LogP contribution in [0.15, 0.2) is 0 Å². The normalized spacial score (nSPS) is 13.2. The summed E-state index contributed by atoms with van der Waals surface area (Å²) in [6.45, 7) is 3.90. The van der Waals surface area contributed by atoms with E-state index in [1.807, 2.05) is 13.8 Å². The molecule has 2 nitrogen and oxygen atoms in total. The first-order chi connectivity index (χ1) is 4.22. The van der Waals surface area contributed by atoms with E-state index in [1.165, 1.54) is 0 Å². The highest BCUT2D eigenvalue weighted by atomic mass is 16.1. The Kier molecular flexibility index (Phi) is 4.32. The molecule has 1 unspecified atom stereocenters. The van der Waals surface area contributed by atoms with Crippen LogP contribution in [0.25, 0.3) is 0 Å². The molecule has 0 radical (unpaired) electrons. The van der Waals surface area contributed by atoms with E-state index >= 15 is 0 Å². The number of nitrogens with one attached hydrogen (secondary N) is 1. The van der Waals surface area contributed by atoms with E-state index in [4.69, 9.17) is 0 Å². The Morgan fingerprint density at radius 3 is 2.56 bits per heavy atom. The summed E-state index contributed by atoms with van der Waals surface area (Å²) in [6.07, 6.45) is 1.65. The first kappa shape index (κ1) is 8.63. The number of likely N-dealkylation sites (N-methyl/N-ethyl adjacent to an activating group) is 1. The Bertz CT molecular complexity index is 90.9. The molecule has 0 spiro atoms. The van der Waals surface area contributed by atoms with Gasteiger partial charge in [-0.15, -0.1) is 0 Å². The van der Waals surface area contributed by atoms with Crippen LogP contribution >= 0.6 is 0 Å². The Hall–Kier alpha value is -0.370. The molecule has 0 aliphatic rings. The third kappa shape index (κ3) is 3.25. The van der Waals surface area contributed by atoms with Crippen molar-refractivity contribution in [1.29, 1.82) is 0 Å². The number of carbonyl (C=O) groups is 1. The van der Waals surface area contributed by atoms with E-state index in [0.717, 1.165) is 6.42 Å². The molecule has 0 aliphatic carbocycles. The van der Waals surface area contributed by atoms with Gasteiger partial charge in [-0.25, -0.2) is 0 Å². The van der Waals surface area contributed by atoms with Gasteiger partial charge in [0.05, 0.1) is 6.04 Å². The summed E-state index contributed by atoms with van der Waals surface area (Å²) in [5.74, 6) is 0.306. The summed E-state index contributed by atoms with van der Waals surface area (Å²) >= 11 is 0. The number of Topliss-reactive ketones (excluding diaryl/α,β-unsaturated/α-hetero) is 1. The van der Waals surface area contributed by atoms with Crippen molar-refractivity contribution in [3.8, 4) is 0 Å². The number of ketones is 1. The second-order valence-electron chi connectivity index (χ2n) is 2.23. The van der Waals surface area contributed by atoms with E-state index in [2.05, 4.69) is 5.32 Å². The van der Waals surface area contributed by atoms with Gasteiger partial charge in [0.2, 0.25) is 0 Å². The smallest absolute Gasteiger partial charge is 0.149 e. The second kappa shape index (κ2) is 4.50. The summed E-state index contributed by atoms with van der Waals surface area (Å²) in [5.41, 5.74) is 0. The topological polar surface area (TPSA) is 29.1 Å². The minimum Gasteiger partial charge on any atom is -0.311 e. The Labute approximate surface area is 56.6 Å². The minimum atomic E-state index is 0.0324. The second-order valence-corrected chi connectivity index (χ2v) is 2.23. The van der Waals surface area contributed by atoms with Gasteiger partial charge in [0.1, 0.15) is 5.78 Å². The highest BCUT2D eigenvalue weighted by molar-refractivity contribution is 5.83. The fourth-order valence-corrected chi connectivity index (χ4v) is 0.624. The minimum absolute atomic E-state index is 0.0324. The van der Waals surface area contributed by atoms with E-state index in [0.29, 0.717) is 12.2 Å². The fourth-order valence-electron chi connectivity index (χ4n) is 0.624. The molecule has 0 amide bonds. The van der Waals surface area contributed by atoms with Crippen LogP contribution in [0.3, 0.4) is 0 Å². The van der Waals surface area contributed by atoms with Crippen LogP contribution in [0, 0.1) is 0 Å². The van der Waals surface area contributed by atoms with Gasteiger partial charge < -0.3 is 5.32 Å². The average molecular weight is 129 g/mol. The van der Waals surface area contributed by atoms with Gasteiger partial charge in [-0.2, -0.15) is 0 Å². The Morgan fingerprint density at radius 2 is 2.22 bits per heavy atom. The van der Waals surface area contributed by atoms with Gasteiger partial charge in [0.15, 0.2) is 0 Å². The quantitative estimate of drug-likeness (QED) is 0.612. The van der Waals surface area contributed by atoms with E-state index in [-0.39, 0.29) is 6.04 Å². The van der Waals surface area contributed by atoms with Gasteiger partial charge in [0, 0.05) is 6.42 Å². The van der Waals surface area contributed by atoms with Gasteiger partial charge in [-0.3, -0.25) is 4.79 Å². The van der Waals surface area contributed by atoms with E-state index < -0.39 is 0 Å². The lowest BCUT2D eigenvalue weighted by Crippen LogP contribution is -2.30. The average Bonchev–Trinajstić information content (AvgIpc) is 1.87. The fraction of sp³-hybridized carbons (Fsp3) is 0.857. The molecule has 0 heterocycles. The number of rotatable bonds is 4. The monoisotopic (exact) mass is 129 g/mol. The SMILES string of the molecule is CCCC(=O)C(C)NC. The van der Waals surface area contributed by atoms with Gasteiger partial charge in [-0.1, -0.05) is 6.92 Å². The van der Waals surface area contributed by atoms with Crippen LogP contribution < -0.4 is 5.32 Å². The third-order valence-corrected chi connectivity index (χ3v) is 1.41. The van der Waals surface area contributed by atoms with Crippen molar-refractivity contribution in [2.45, 2.75) is 32.7 Å². The zero-order valence-corrected chi connectivity index (χ0v) is 6.40. The van der Waals surface area contributed by atoms with Crippen LogP contribution in [0.5, 0.6) is 0 Å². The third-order valence-electron chi connectivity index (χ3n) is 1.41. The molecule has 0 aromatic carbocycles. The van der Waals surface area contributed by atoms with Crippen LogP contribution in [-0.2, 0) is 4.79 Å². The van der Waals surface area contributed by atoms with Crippen LogP contribution in [-0.4, -0.2) is 18.9 Å². The molecule has 2 heteroatoms. The summed E-state index contributed by atoms with van der Waals surface area (Å²) in [5, 5.41) is 2.90. The molecular weight excluding hydrogens is 114 g/mol. The predicted octanol–water partition coefficient (Wildman–Crippen LogP) is 0.964. The molecule has 0 saturated heterocycles. The predicted molar refractivity (Wildman–Crippen MR) is 38.4 cm³/mol. The lowest BCUT2D eigenvalue weighted by Gasteiger charge is -2.06. The lowest BCUT2D eigenvalue weighted by atomic mass is 10.1. The molecule has 0 bridgehead atoms. The summed E-state index contributed by atoms with van der Waals surface area (Å²) in [6, 6.07) is 0.0324. The highest BCUT2D eigenvalue weighted by Gasteiger charge is 2.06. The van der Waals surface area contributed by atoms with Crippen molar-refractivity contribution in [2.75, 3.05) is 7.05 Å². The molecule has 0 aliphatic heterocycles. The molecule has 9 heavy (non-hydrogen) atoms. The molecular formula is C7H15NO. The van der Waals surface area contributed by atoms with Gasteiger partial charge in [0.25, 0.3) is 0 Å². The van der Waals surface area contributed by atoms with Crippen molar-refractivity contribution in [2.24, 2.45) is 0 Å². The molecule has 1 atom stereocenters. The number of carbonyl (C=O) groups excluding carboxylic acids is 1. The maximum atomic E-state index is 10.9. The van der Waals surface area contributed by atoms with Gasteiger partial charge >= 0.3 is 0 Å². The van der Waals surface area contributed by atoms with Crippen molar-refractivity contribution in [3.63, 3.8) is 0 Å².